The summed E-state index contributed by atoms with van der Waals surface area (Å²) >= 11 is 0. The predicted octanol–water partition coefficient (Wildman–Crippen LogP) is 2.23. The monoisotopic (exact) mass is 340 g/mol. The number of methoxy groups -OCH3 is 1. The van der Waals surface area contributed by atoms with Crippen LogP contribution >= 0.6 is 0 Å². The number of ether oxygens (including phenoxy) is 1. The zero-order chi connectivity index (χ0) is 18.2. The summed E-state index contributed by atoms with van der Waals surface area (Å²) in [6.07, 6.45) is 3.38. The highest BCUT2D eigenvalue weighted by molar-refractivity contribution is 6.61. The minimum absolute atomic E-state index is 0.393. The van der Waals surface area contributed by atoms with E-state index in [0.717, 1.165) is 11.0 Å². The van der Waals surface area contributed by atoms with Crippen molar-refractivity contribution in [3.8, 4) is 11.4 Å². The first kappa shape index (κ1) is 17.6. The summed E-state index contributed by atoms with van der Waals surface area (Å²) < 4.78 is 16.7. The number of rotatable bonds is 3. The predicted molar refractivity (Wildman–Crippen MR) is 94.5 cm³/mol. The Morgan fingerprint density at radius 3 is 2.24 bits per heavy atom. The molecule has 1 aromatic heterocycles. The van der Waals surface area contributed by atoms with Crippen molar-refractivity contribution >= 4 is 18.6 Å². The van der Waals surface area contributed by atoms with Gasteiger partial charge in [-0.2, -0.15) is 0 Å². The number of carbonyl (C=O) groups is 1. The molecule has 0 aliphatic carbocycles. The van der Waals surface area contributed by atoms with Crippen LogP contribution in [0.2, 0.25) is 0 Å². The number of esters is 1. The van der Waals surface area contributed by atoms with E-state index in [2.05, 4.69) is 9.97 Å². The van der Waals surface area contributed by atoms with Crippen molar-refractivity contribution in [1.29, 1.82) is 0 Å². The Hall–Kier alpha value is -2.25. The van der Waals surface area contributed by atoms with Gasteiger partial charge in [0.2, 0.25) is 0 Å². The second-order valence-corrected chi connectivity index (χ2v) is 7.00. The van der Waals surface area contributed by atoms with Crippen LogP contribution in [0.5, 0.6) is 0 Å². The molecule has 0 bridgehead atoms. The molecular weight excluding hydrogens is 319 g/mol. The lowest BCUT2D eigenvalue weighted by atomic mass is 9.81. The molecule has 1 fully saturated rings. The van der Waals surface area contributed by atoms with Gasteiger partial charge in [0.1, 0.15) is 0 Å². The minimum atomic E-state index is -0.500. The average molecular weight is 340 g/mol. The highest BCUT2D eigenvalue weighted by Crippen LogP contribution is 2.36. The fraction of sp³-hybridized carbons (Fsp3) is 0.389. The van der Waals surface area contributed by atoms with E-state index in [-0.39, 0.29) is 0 Å². The van der Waals surface area contributed by atoms with E-state index in [9.17, 15) is 4.79 Å². The molecule has 1 saturated heterocycles. The van der Waals surface area contributed by atoms with Gasteiger partial charge in [-0.3, -0.25) is 0 Å². The second kappa shape index (κ2) is 6.24. The number of hydrogen-bond acceptors (Lipinski definition) is 6. The van der Waals surface area contributed by atoms with Gasteiger partial charge < -0.3 is 14.0 Å². The molecule has 1 aromatic carbocycles. The van der Waals surface area contributed by atoms with Gasteiger partial charge in [0, 0.05) is 23.4 Å². The Labute approximate surface area is 147 Å². The third kappa shape index (κ3) is 3.30. The third-order valence-corrected chi connectivity index (χ3v) is 4.74. The molecule has 1 aliphatic rings. The molecule has 2 aromatic rings. The number of carbonyl (C=O) groups excluding carboxylic acids is 1. The van der Waals surface area contributed by atoms with E-state index in [1.54, 1.807) is 30.6 Å². The molecule has 0 unspecified atom stereocenters. The van der Waals surface area contributed by atoms with Crippen LogP contribution in [0.3, 0.4) is 0 Å². The zero-order valence-electron chi connectivity index (χ0n) is 15.1. The van der Waals surface area contributed by atoms with Gasteiger partial charge >= 0.3 is 13.1 Å². The lowest BCUT2D eigenvalue weighted by Crippen LogP contribution is -2.41. The van der Waals surface area contributed by atoms with Gasteiger partial charge in [-0.25, -0.2) is 14.8 Å². The number of hydrogen-bond donors (Lipinski definition) is 0. The largest absolute Gasteiger partial charge is 0.498 e. The van der Waals surface area contributed by atoms with Gasteiger partial charge in [0.15, 0.2) is 5.82 Å². The maximum atomic E-state index is 11.7. The van der Waals surface area contributed by atoms with E-state index < -0.39 is 24.3 Å². The average Bonchev–Trinajstić information content (AvgIpc) is 2.82. The van der Waals surface area contributed by atoms with Gasteiger partial charge in [-0.1, -0.05) is 12.1 Å². The summed E-state index contributed by atoms with van der Waals surface area (Å²) in [7, 11) is 0.852. The molecule has 3 rings (SSSR count). The Bertz CT molecular complexity index is 774. The van der Waals surface area contributed by atoms with E-state index >= 15 is 0 Å². The van der Waals surface area contributed by atoms with E-state index in [1.165, 1.54) is 7.11 Å². The van der Waals surface area contributed by atoms with Crippen LogP contribution in [0.25, 0.3) is 11.4 Å². The first-order valence-corrected chi connectivity index (χ1v) is 8.10. The summed E-state index contributed by atoms with van der Waals surface area (Å²) in [4.78, 5) is 20.4. The smallest absolute Gasteiger partial charge is 0.465 e. The van der Waals surface area contributed by atoms with Crippen LogP contribution in [-0.4, -0.2) is 41.4 Å². The topological polar surface area (TPSA) is 70.5 Å². The van der Waals surface area contributed by atoms with Gasteiger partial charge in [0.25, 0.3) is 0 Å². The van der Waals surface area contributed by atoms with Gasteiger partial charge in [-0.15, -0.1) is 0 Å². The third-order valence-electron chi connectivity index (χ3n) is 4.74. The molecule has 0 spiro atoms. The first-order chi connectivity index (χ1) is 11.7. The van der Waals surface area contributed by atoms with Gasteiger partial charge in [-0.05, 0) is 39.8 Å². The molecule has 2 heterocycles. The molecule has 130 valence electrons. The van der Waals surface area contributed by atoms with Crippen molar-refractivity contribution in [1.82, 2.24) is 9.97 Å². The Balaban J connectivity index is 1.83. The molecule has 0 amide bonds. The summed E-state index contributed by atoms with van der Waals surface area (Å²) in [6, 6.07) is 7.01. The van der Waals surface area contributed by atoms with Crippen molar-refractivity contribution in [3.63, 3.8) is 0 Å². The van der Waals surface area contributed by atoms with Crippen molar-refractivity contribution in [2.45, 2.75) is 38.9 Å². The molecule has 7 heteroatoms. The lowest BCUT2D eigenvalue weighted by molar-refractivity contribution is 0.00578. The molecule has 0 atom stereocenters. The van der Waals surface area contributed by atoms with Crippen molar-refractivity contribution < 1.29 is 18.8 Å². The van der Waals surface area contributed by atoms with Crippen LogP contribution in [0.4, 0.5) is 0 Å². The van der Waals surface area contributed by atoms with Crippen LogP contribution in [0, 0.1) is 0 Å². The maximum Gasteiger partial charge on any atom is 0.498 e. The molecule has 0 saturated carbocycles. The van der Waals surface area contributed by atoms with Gasteiger partial charge in [0.05, 0.1) is 23.9 Å². The molecule has 0 radical (unpaired) electrons. The Morgan fingerprint density at radius 2 is 1.68 bits per heavy atom. The number of nitrogens with zero attached hydrogens (tertiary/aromatic N) is 2. The Morgan fingerprint density at radius 1 is 1.08 bits per heavy atom. The quantitative estimate of drug-likeness (QED) is 0.630. The summed E-state index contributed by atoms with van der Waals surface area (Å²) in [5, 5.41) is 0. The fourth-order valence-corrected chi connectivity index (χ4v) is 2.49. The van der Waals surface area contributed by atoms with Crippen molar-refractivity contribution in [2.75, 3.05) is 7.11 Å². The molecular formula is C18H21BN2O4. The van der Waals surface area contributed by atoms with Crippen molar-refractivity contribution in [2.24, 2.45) is 0 Å². The van der Waals surface area contributed by atoms with Crippen LogP contribution in [-0.2, 0) is 14.0 Å². The zero-order valence-corrected chi connectivity index (χ0v) is 15.1. The first-order valence-electron chi connectivity index (χ1n) is 8.10. The minimum Gasteiger partial charge on any atom is -0.465 e. The van der Waals surface area contributed by atoms with Crippen LogP contribution < -0.4 is 5.46 Å². The molecule has 1 aliphatic heterocycles. The standard InChI is InChI=1S/C18H21BN2O4/c1-17(2)18(3,4)25-19(24-17)14-10-20-15(21-11-14)12-7-6-8-13(9-12)16(22)23-5/h6-11H,1-5H3. The summed E-state index contributed by atoms with van der Waals surface area (Å²) in [5.41, 5.74) is 1.13. The van der Waals surface area contributed by atoms with E-state index in [4.69, 9.17) is 14.0 Å². The second-order valence-electron chi connectivity index (χ2n) is 7.00. The van der Waals surface area contributed by atoms with Crippen LogP contribution in [0.15, 0.2) is 36.7 Å². The fourth-order valence-electron chi connectivity index (χ4n) is 2.49. The number of benzene rings is 1. The van der Waals surface area contributed by atoms with E-state index in [0.29, 0.717) is 11.4 Å². The van der Waals surface area contributed by atoms with E-state index in [1.807, 2.05) is 33.8 Å². The molecule has 6 nitrogen and oxygen atoms in total. The highest BCUT2D eigenvalue weighted by atomic mass is 16.7. The maximum absolute atomic E-state index is 11.7. The molecule has 25 heavy (non-hydrogen) atoms. The molecule has 0 N–H and O–H groups in total. The highest BCUT2D eigenvalue weighted by Gasteiger charge is 2.51. The number of aromatic nitrogens is 2. The SMILES string of the molecule is COC(=O)c1cccc(-c2ncc(B3OC(C)(C)C(C)(C)O3)cn2)c1. The van der Waals surface area contributed by atoms with Crippen LogP contribution in [0.1, 0.15) is 38.1 Å². The normalized spacial score (nSPS) is 18.2. The Kier molecular flexibility index (Phi) is 4.39. The van der Waals surface area contributed by atoms with Crippen molar-refractivity contribution in [3.05, 3.63) is 42.2 Å². The summed E-state index contributed by atoms with van der Waals surface area (Å²) in [6.45, 7) is 8.00. The lowest BCUT2D eigenvalue weighted by Gasteiger charge is -2.32. The summed E-state index contributed by atoms with van der Waals surface area (Å²) in [5.74, 6) is 0.127.